The molecule has 2 amide bonds. The van der Waals surface area contributed by atoms with Crippen molar-refractivity contribution in [2.45, 2.75) is 45.2 Å². The van der Waals surface area contributed by atoms with E-state index in [1.165, 1.54) is 30.1 Å². The van der Waals surface area contributed by atoms with Gasteiger partial charge in [0.2, 0.25) is 11.8 Å². The first kappa shape index (κ1) is 28.2. The van der Waals surface area contributed by atoms with Crippen LogP contribution in [0.1, 0.15) is 29.2 Å². The zero-order valence-corrected chi connectivity index (χ0v) is 23.2. The van der Waals surface area contributed by atoms with Crippen molar-refractivity contribution in [3.8, 4) is 0 Å². The fourth-order valence-electron chi connectivity index (χ4n) is 3.78. The first-order valence-electron chi connectivity index (χ1n) is 11.9. The molecule has 0 aliphatic rings. The van der Waals surface area contributed by atoms with E-state index in [0.29, 0.717) is 5.02 Å². The standard InChI is InChI=1S/C28H32ClN3O4S/c1-19-6-11-23(12-7-19)17-31(22(4)28(34)30-5)27(33)18-32(24-13-10-21(3)26(29)16-24)37(35,36)25-14-8-20(2)9-15-25/h6-16,22H,17-18H2,1-5H3,(H,30,34)/t22-/m0/s1. The van der Waals surface area contributed by atoms with Crippen LogP contribution in [0.2, 0.25) is 5.02 Å². The quantitative estimate of drug-likeness (QED) is 0.428. The molecular formula is C28H32ClN3O4S. The van der Waals surface area contributed by atoms with Crippen LogP contribution >= 0.6 is 11.6 Å². The normalized spacial score (nSPS) is 12.1. The third-order valence-corrected chi connectivity index (χ3v) is 8.41. The van der Waals surface area contributed by atoms with Crippen LogP contribution in [0, 0.1) is 20.8 Å². The first-order valence-corrected chi connectivity index (χ1v) is 13.7. The van der Waals surface area contributed by atoms with Gasteiger partial charge in [-0.3, -0.25) is 13.9 Å². The molecule has 0 radical (unpaired) electrons. The Morgan fingerprint density at radius 3 is 2.03 bits per heavy atom. The van der Waals surface area contributed by atoms with Gasteiger partial charge in [-0.15, -0.1) is 0 Å². The van der Waals surface area contributed by atoms with Crippen LogP contribution in [0.4, 0.5) is 5.69 Å². The van der Waals surface area contributed by atoms with Crippen LogP contribution < -0.4 is 9.62 Å². The Kier molecular flexibility index (Phi) is 8.99. The number of nitrogens with zero attached hydrogens (tertiary/aromatic N) is 2. The predicted octanol–water partition coefficient (Wildman–Crippen LogP) is 4.62. The molecule has 0 saturated heterocycles. The summed E-state index contributed by atoms with van der Waals surface area (Å²) in [6.07, 6.45) is 0. The van der Waals surface area contributed by atoms with Gasteiger partial charge in [-0.1, -0.05) is 65.2 Å². The molecule has 9 heteroatoms. The van der Waals surface area contributed by atoms with E-state index in [4.69, 9.17) is 11.6 Å². The number of halogens is 1. The van der Waals surface area contributed by atoms with Gasteiger partial charge in [-0.05, 0) is 63.1 Å². The second-order valence-electron chi connectivity index (χ2n) is 9.06. The second kappa shape index (κ2) is 11.8. The molecule has 196 valence electrons. The van der Waals surface area contributed by atoms with Gasteiger partial charge >= 0.3 is 0 Å². The lowest BCUT2D eigenvalue weighted by Crippen LogP contribution is -2.50. The second-order valence-corrected chi connectivity index (χ2v) is 11.3. The average Bonchev–Trinajstić information content (AvgIpc) is 2.87. The molecule has 0 heterocycles. The molecular weight excluding hydrogens is 510 g/mol. The van der Waals surface area contributed by atoms with Gasteiger partial charge in [0.05, 0.1) is 10.6 Å². The van der Waals surface area contributed by atoms with Crippen LogP contribution in [0.5, 0.6) is 0 Å². The Hall–Kier alpha value is -3.36. The highest BCUT2D eigenvalue weighted by Crippen LogP contribution is 2.28. The minimum Gasteiger partial charge on any atom is -0.357 e. The third kappa shape index (κ3) is 6.70. The van der Waals surface area contributed by atoms with E-state index < -0.39 is 28.5 Å². The lowest BCUT2D eigenvalue weighted by molar-refractivity contribution is -0.139. The fraction of sp³-hybridized carbons (Fsp3) is 0.286. The summed E-state index contributed by atoms with van der Waals surface area (Å²) in [5.41, 5.74) is 3.82. The van der Waals surface area contributed by atoms with E-state index in [-0.39, 0.29) is 23.0 Å². The van der Waals surface area contributed by atoms with Crippen molar-refractivity contribution in [3.05, 3.63) is 94.0 Å². The number of benzene rings is 3. The SMILES string of the molecule is CNC(=O)[C@H](C)N(Cc1ccc(C)cc1)C(=O)CN(c1ccc(C)c(Cl)c1)S(=O)(=O)c1ccc(C)cc1. The Morgan fingerprint density at radius 1 is 0.919 bits per heavy atom. The summed E-state index contributed by atoms with van der Waals surface area (Å²) in [5, 5.41) is 2.95. The highest BCUT2D eigenvalue weighted by Gasteiger charge is 2.32. The molecule has 0 unspecified atom stereocenters. The van der Waals surface area contributed by atoms with Crippen LogP contribution in [-0.2, 0) is 26.2 Å². The van der Waals surface area contributed by atoms with Crippen molar-refractivity contribution in [1.29, 1.82) is 0 Å². The van der Waals surface area contributed by atoms with Crippen molar-refractivity contribution in [2.24, 2.45) is 0 Å². The number of hydrogen-bond donors (Lipinski definition) is 1. The molecule has 0 spiro atoms. The Morgan fingerprint density at radius 2 is 1.49 bits per heavy atom. The molecule has 0 saturated carbocycles. The maximum Gasteiger partial charge on any atom is 0.264 e. The highest BCUT2D eigenvalue weighted by atomic mass is 35.5. The van der Waals surface area contributed by atoms with Crippen molar-refractivity contribution >= 4 is 39.1 Å². The summed E-state index contributed by atoms with van der Waals surface area (Å²) in [6.45, 7) is 6.88. The van der Waals surface area contributed by atoms with Crippen molar-refractivity contribution in [1.82, 2.24) is 10.2 Å². The third-order valence-electron chi connectivity index (χ3n) is 6.22. The summed E-state index contributed by atoms with van der Waals surface area (Å²) in [5.74, 6) is -0.879. The maximum absolute atomic E-state index is 13.8. The van der Waals surface area contributed by atoms with Crippen LogP contribution in [0.3, 0.4) is 0 Å². The zero-order chi connectivity index (χ0) is 27.3. The lowest BCUT2D eigenvalue weighted by atomic mass is 10.1. The molecule has 0 aliphatic heterocycles. The lowest BCUT2D eigenvalue weighted by Gasteiger charge is -2.32. The molecule has 37 heavy (non-hydrogen) atoms. The molecule has 0 fully saturated rings. The molecule has 3 rings (SSSR count). The van der Waals surface area contributed by atoms with Crippen LogP contribution in [-0.4, -0.2) is 44.8 Å². The number of rotatable bonds is 9. The molecule has 0 aromatic heterocycles. The largest absolute Gasteiger partial charge is 0.357 e. The number of nitrogens with one attached hydrogen (secondary N) is 1. The fourth-order valence-corrected chi connectivity index (χ4v) is 5.37. The van der Waals surface area contributed by atoms with Gasteiger partial charge < -0.3 is 10.2 Å². The highest BCUT2D eigenvalue weighted by molar-refractivity contribution is 7.92. The molecule has 3 aromatic carbocycles. The summed E-state index contributed by atoms with van der Waals surface area (Å²) >= 11 is 6.33. The van der Waals surface area contributed by atoms with Gasteiger partial charge in [0.1, 0.15) is 12.6 Å². The number of amides is 2. The van der Waals surface area contributed by atoms with Crippen LogP contribution in [0.25, 0.3) is 0 Å². The number of sulfonamides is 1. The monoisotopic (exact) mass is 541 g/mol. The van der Waals surface area contributed by atoms with Gasteiger partial charge in [-0.2, -0.15) is 0 Å². The van der Waals surface area contributed by atoms with Crippen molar-refractivity contribution < 1.29 is 18.0 Å². The number of anilines is 1. The van der Waals surface area contributed by atoms with E-state index in [9.17, 15) is 18.0 Å². The summed E-state index contributed by atoms with van der Waals surface area (Å²) in [7, 11) is -2.64. The summed E-state index contributed by atoms with van der Waals surface area (Å²) < 4.78 is 28.6. The summed E-state index contributed by atoms with van der Waals surface area (Å²) in [4.78, 5) is 27.7. The van der Waals surface area contributed by atoms with Gasteiger partial charge in [-0.25, -0.2) is 8.42 Å². The van der Waals surface area contributed by atoms with Gasteiger partial charge in [0, 0.05) is 18.6 Å². The number of aryl methyl sites for hydroxylation is 3. The van der Waals surface area contributed by atoms with E-state index in [1.54, 1.807) is 31.2 Å². The van der Waals surface area contributed by atoms with Gasteiger partial charge in [0.15, 0.2) is 0 Å². The summed E-state index contributed by atoms with van der Waals surface area (Å²) in [6, 6.07) is 18.1. The maximum atomic E-state index is 13.8. The minimum absolute atomic E-state index is 0.0482. The number of hydrogen-bond acceptors (Lipinski definition) is 4. The first-order chi connectivity index (χ1) is 17.4. The molecule has 3 aromatic rings. The Bertz CT molecular complexity index is 1370. The Balaban J connectivity index is 2.05. The Labute approximate surface area is 224 Å². The minimum atomic E-state index is -4.13. The molecule has 0 aliphatic carbocycles. The zero-order valence-electron chi connectivity index (χ0n) is 21.7. The van der Waals surface area contributed by atoms with Crippen molar-refractivity contribution in [2.75, 3.05) is 17.9 Å². The average molecular weight is 542 g/mol. The van der Waals surface area contributed by atoms with Crippen molar-refractivity contribution in [3.63, 3.8) is 0 Å². The number of carbonyl (C=O) groups excluding carboxylic acids is 2. The van der Waals surface area contributed by atoms with E-state index in [0.717, 1.165) is 26.6 Å². The van der Waals surface area contributed by atoms with E-state index in [1.807, 2.05) is 45.0 Å². The smallest absolute Gasteiger partial charge is 0.264 e. The molecule has 1 N–H and O–H groups in total. The predicted molar refractivity (Wildman–Crippen MR) is 147 cm³/mol. The number of carbonyl (C=O) groups is 2. The molecule has 7 nitrogen and oxygen atoms in total. The molecule has 1 atom stereocenters. The molecule has 0 bridgehead atoms. The van der Waals surface area contributed by atoms with E-state index >= 15 is 0 Å². The van der Waals surface area contributed by atoms with E-state index in [2.05, 4.69) is 5.32 Å². The van der Waals surface area contributed by atoms with Crippen LogP contribution in [0.15, 0.2) is 71.6 Å². The topological polar surface area (TPSA) is 86.8 Å². The number of likely N-dealkylation sites (N-methyl/N-ethyl adjacent to an activating group) is 1. The van der Waals surface area contributed by atoms with Gasteiger partial charge in [0.25, 0.3) is 10.0 Å².